The molecule has 5 nitrogen and oxygen atoms in total. The van der Waals surface area contributed by atoms with Crippen LogP contribution in [0.3, 0.4) is 0 Å². The zero-order valence-electron chi connectivity index (χ0n) is 15.6. The molecule has 1 atom stereocenters. The van der Waals surface area contributed by atoms with Gasteiger partial charge in [-0.05, 0) is 49.9 Å². The molecule has 1 heterocycles. The quantitative estimate of drug-likeness (QED) is 0.763. The lowest BCUT2D eigenvalue weighted by Crippen LogP contribution is -2.41. The fourth-order valence-corrected chi connectivity index (χ4v) is 3.30. The Labute approximate surface area is 149 Å². The summed E-state index contributed by atoms with van der Waals surface area (Å²) in [5.41, 5.74) is 3.71. The number of carboxylic acid groups (broad SMARTS) is 1. The SMILES string of the molecule is CCCCC(NC(=O)c1c(C)c2cc(CC)ccc2n1CC)C(=O)O. The van der Waals surface area contributed by atoms with Gasteiger partial charge in [0.25, 0.3) is 5.91 Å². The van der Waals surface area contributed by atoms with Crippen molar-refractivity contribution >= 4 is 22.8 Å². The summed E-state index contributed by atoms with van der Waals surface area (Å²) < 4.78 is 1.97. The normalized spacial score (nSPS) is 12.3. The van der Waals surface area contributed by atoms with Crippen molar-refractivity contribution in [1.29, 1.82) is 0 Å². The second-order valence-electron chi connectivity index (χ2n) is 6.43. The van der Waals surface area contributed by atoms with Gasteiger partial charge in [0.2, 0.25) is 0 Å². The highest BCUT2D eigenvalue weighted by Crippen LogP contribution is 2.27. The summed E-state index contributed by atoms with van der Waals surface area (Å²) in [5.74, 6) is -1.29. The predicted molar refractivity (Wildman–Crippen MR) is 100 cm³/mol. The Kier molecular flexibility index (Phi) is 6.23. The average Bonchev–Trinajstić information content (AvgIpc) is 2.89. The van der Waals surface area contributed by atoms with E-state index in [1.807, 2.05) is 31.4 Å². The molecule has 136 valence electrons. The molecule has 0 aliphatic heterocycles. The van der Waals surface area contributed by atoms with E-state index in [0.29, 0.717) is 18.7 Å². The number of hydrogen-bond acceptors (Lipinski definition) is 2. The van der Waals surface area contributed by atoms with Crippen LogP contribution in [0.2, 0.25) is 0 Å². The third kappa shape index (κ3) is 3.86. The summed E-state index contributed by atoms with van der Waals surface area (Å²) in [6.07, 6.45) is 3.05. The molecule has 1 aromatic heterocycles. The van der Waals surface area contributed by atoms with Gasteiger partial charge in [0.05, 0.1) is 0 Å². The Morgan fingerprint density at radius 1 is 1.24 bits per heavy atom. The number of carbonyl (C=O) groups is 2. The molecule has 0 fully saturated rings. The van der Waals surface area contributed by atoms with Gasteiger partial charge in [0.1, 0.15) is 11.7 Å². The standard InChI is InChI=1S/C20H28N2O3/c1-5-8-9-16(20(24)25)21-19(23)18-13(4)15-12-14(6-2)10-11-17(15)22(18)7-3/h10-12,16H,5-9H2,1-4H3,(H,21,23)(H,24,25). The van der Waals surface area contributed by atoms with Gasteiger partial charge in [-0.2, -0.15) is 0 Å². The molecule has 0 aliphatic carbocycles. The minimum Gasteiger partial charge on any atom is -0.480 e. The molecule has 1 unspecified atom stereocenters. The Hall–Kier alpha value is -2.30. The topological polar surface area (TPSA) is 71.3 Å². The van der Waals surface area contributed by atoms with E-state index in [1.165, 1.54) is 5.56 Å². The summed E-state index contributed by atoms with van der Waals surface area (Å²) in [6, 6.07) is 5.41. The minimum atomic E-state index is -0.980. The number of hydrogen-bond donors (Lipinski definition) is 2. The number of unbranched alkanes of at least 4 members (excludes halogenated alkanes) is 1. The molecule has 1 amide bonds. The van der Waals surface area contributed by atoms with E-state index in [1.54, 1.807) is 0 Å². The van der Waals surface area contributed by atoms with Crippen LogP contribution in [0.15, 0.2) is 18.2 Å². The van der Waals surface area contributed by atoms with Gasteiger partial charge in [-0.1, -0.05) is 32.8 Å². The third-order valence-corrected chi connectivity index (χ3v) is 4.77. The highest BCUT2D eigenvalue weighted by atomic mass is 16.4. The fourth-order valence-electron chi connectivity index (χ4n) is 3.30. The molecular weight excluding hydrogens is 316 g/mol. The van der Waals surface area contributed by atoms with Gasteiger partial charge in [0.15, 0.2) is 0 Å². The molecule has 2 N–H and O–H groups in total. The van der Waals surface area contributed by atoms with Crippen LogP contribution in [0.5, 0.6) is 0 Å². The maximum absolute atomic E-state index is 12.9. The van der Waals surface area contributed by atoms with Crippen LogP contribution in [0.25, 0.3) is 10.9 Å². The van der Waals surface area contributed by atoms with Crippen molar-refractivity contribution in [3.8, 4) is 0 Å². The number of aromatic nitrogens is 1. The van der Waals surface area contributed by atoms with Gasteiger partial charge in [-0.3, -0.25) is 4.79 Å². The number of amides is 1. The molecule has 0 saturated heterocycles. The molecule has 0 spiro atoms. The number of nitrogens with one attached hydrogen (secondary N) is 1. The lowest BCUT2D eigenvalue weighted by Gasteiger charge is -2.15. The molecule has 0 saturated carbocycles. The number of rotatable bonds is 8. The monoisotopic (exact) mass is 344 g/mol. The Morgan fingerprint density at radius 2 is 1.96 bits per heavy atom. The van der Waals surface area contributed by atoms with Crippen LogP contribution in [0.1, 0.15) is 61.6 Å². The zero-order valence-corrected chi connectivity index (χ0v) is 15.6. The van der Waals surface area contributed by atoms with Gasteiger partial charge in [-0.15, -0.1) is 0 Å². The first-order valence-corrected chi connectivity index (χ1v) is 9.09. The first-order chi connectivity index (χ1) is 11.9. The molecule has 2 aromatic rings. The largest absolute Gasteiger partial charge is 0.480 e. The highest BCUT2D eigenvalue weighted by molar-refractivity contribution is 6.03. The van der Waals surface area contributed by atoms with E-state index in [4.69, 9.17) is 0 Å². The maximum atomic E-state index is 12.9. The van der Waals surface area contributed by atoms with Crippen molar-refractivity contribution in [2.75, 3.05) is 0 Å². The Balaban J connectivity index is 2.43. The summed E-state index contributed by atoms with van der Waals surface area (Å²) in [5, 5.41) is 13.2. The van der Waals surface area contributed by atoms with Gasteiger partial charge < -0.3 is 15.0 Å². The smallest absolute Gasteiger partial charge is 0.326 e. The van der Waals surface area contributed by atoms with Gasteiger partial charge in [0, 0.05) is 17.4 Å². The Bertz CT molecular complexity index is 777. The summed E-state index contributed by atoms with van der Waals surface area (Å²) in [6.45, 7) is 8.70. The van der Waals surface area contributed by atoms with Crippen LogP contribution < -0.4 is 5.32 Å². The van der Waals surface area contributed by atoms with Crippen LogP contribution in [-0.4, -0.2) is 27.6 Å². The van der Waals surface area contributed by atoms with Crippen molar-refractivity contribution in [2.45, 2.75) is 66.0 Å². The van der Waals surface area contributed by atoms with Crippen LogP contribution >= 0.6 is 0 Å². The molecule has 0 radical (unpaired) electrons. The second kappa shape index (κ2) is 8.19. The zero-order chi connectivity index (χ0) is 18.6. The molecule has 5 heteroatoms. The van der Waals surface area contributed by atoms with Crippen LogP contribution in [0, 0.1) is 6.92 Å². The molecule has 1 aromatic carbocycles. The molecule has 2 rings (SSSR count). The fraction of sp³-hybridized carbons (Fsp3) is 0.500. The maximum Gasteiger partial charge on any atom is 0.326 e. The molecular formula is C20H28N2O3. The number of nitrogens with zero attached hydrogens (tertiary/aromatic N) is 1. The number of aliphatic carboxylic acids is 1. The third-order valence-electron chi connectivity index (χ3n) is 4.77. The summed E-state index contributed by atoms with van der Waals surface area (Å²) >= 11 is 0. The lowest BCUT2D eigenvalue weighted by atomic mass is 10.1. The molecule has 25 heavy (non-hydrogen) atoms. The van der Waals surface area contributed by atoms with E-state index in [-0.39, 0.29) is 5.91 Å². The molecule has 0 bridgehead atoms. The van der Waals surface area contributed by atoms with E-state index in [2.05, 4.69) is 24.4 Å². The predicted octanol–water partition coefficient (Wildman–Crippen LogP) is 3.91. The first-order valence-electron chi connectivity index (χ1n) is 9.09. The van der Waals surface area contributed by atoms with Gasteiger partial charge >= 0.3 is 5.97 Å². The minimum absolute atomic E-state index is 0.308. The van der Waals surface area contributed by atoms with Gasteiger partial charge in [-0.25, -0.2) is 4.79 Å². The average molecular weight is 344 g/mol. The second-order valence-corrected chi connectivity index (χ2v) is 6.43. The first kappa shape index (κ1) is 19.0. The number of carbonyl (C=O) groups excluding carboxylic acids is 1. The van der Waals surface area contributed by atoms with Crippen molar-refractivity contribution in [2.24, 2.45) is 0 Å². The number of carboxylic acids is 1. The van der Waals surface area contributed by atoms with E-state index >= 15 is 0 Å². The van der Waals surface area contributed by atoms with E-state index in [9.17, 15) is 14.7 Å². The van der Waals surface area contributed by atoms with E-state index in [0.717, 1.165) is 35.7 Å². The summed E-state index contributed by atoms with van der Waals surface area (Å²) in [7, 11) is 0. The van der Waals surface area contributed by atoms with Crippen molar-refractivity contribution in [3.05, 3.63) is 35.0 Å². The van der Waals surface area contributed by atoms with Crippen LogP contribution in [0.4, 0.5) is 0 Å². The number of aryl methyl sites for hydroxylation is 3. The lowest BCUT2D eigenvalue weighted by molar-refractivity contribution is -0.139. The van der Waals surface area contributed by atoms with Crippen LogP contribution in [-0.2, 0) is 17.8 Å². The Morgan fingerprint density at radius 3 is 2.52 bits per heavy atom. The highest BCUT2D eigenvalue weighted by Gasteiger charge is 2.25. The van der Waals surface area contributed by atoms with E-state index < -0.39 is 12.0 Å². The number of benzene rings is 1. The van der Waals surface area contributed by atoms with Crippen molar-refractivity contribution in [1.82, 2.24) is 9.88 Å². The van der Waals surface area contributed by atoms with Crippen molar-refractivity contribution in [3.63, 3.8) is 0 Å². The molecule has 0 aliphatic rings. The number of fused-ring (bicyclic) bond motifs is 1. The van der Waals surface area contributed by atoms with Crippen molar-refractivity contribution < 1.29 is 14.7 Å². The summed E-state index contributed by atoms with van der Waals surface area (Å²) in [4.78, 5) is 24.3.